The van der Waals surface area contributed by atoms with E-state index >= 15 is 0 Å². The number of carbonyl (C=O) groups excluding carboxylic acids is 2. The molecule has 0 radical (unpaired) electrons. The number of hydrogen-bond donors (Lipinski definition) is 3. The highest BCUT2D eigenvalue weighted by atomic mass is 32.1. The van der Waals surface area contributed by atoms with Crippen molar-refractivity contribution in [3.63, 3.8) is 0 Å². The van der Waals surface area contributed by atoms with Gasteiger partial charge in [-0.2, -0.15) is 0 Å². The second-order valence-electron chi connectivity index (χ2n) is 5.81. The van der Waals surface area contributed by atoms with Gasteiger partial charge in [0, 0.05) is 17.2 Å². The predicted octanol–water partition coefficient (Wildman–Crippen LogP) is 2.44. The smallest absolute Gasteiger partial charge is 0.336 e. The van der Waals surface area contributed by atoms with Crippen LogP contribution < -0.4 is 21.5 Å². The van der Waals surface area contributed by atoms with Crippen LogP contribution in [-0.4, -0.2) is 26.1 Å². The zero-order chi connectivity index (χ0) is 19.0. The number of ether oxygens (including phenoxy) is 2. The van der Waals surface area contributed by atoms with Gasteiger partial charge in [0.15, 0.2) is 0 Å². The van der Waals surface area contributed by atoms with E-state index in [1.807, 2.05) is 12.1 Å². The number of nitrogens with one attached hydrogen (secondary N) is 1. The van der Waals surface area contributed by atoms with Crippen molar-refractivity contribution in [2.75, 3.05) is 25.3 Å². The van der Waals surface area contributed by atoms with E-state index in [4.69, 9.17) is 20.9 Å². The SMILES string of the molecule is COC(=O)C1=C(C)Nc2sc(C(N)=O)c(N)c2C1c1ccc(OC)cc1. The lowest BCUT2D eigenvalue weighted by Gasteiger charge is -2.28. The van der Waals surface area contributed by atoms with Crippen LogP contribution in [0.3, 0.4) is 0 Å². The molecule has 1 unspecified atom stereocenters. The summed E-state index contributed by atoms with van der Waals surface area (Å²) in [4.78, 5) is 24.5. The van der Waals surface area contributed by atoms with E-state index in [1.54, 1.807) is 26.2 Å². The summed E-state index contributed by atoms with van der Waals surface area (Å²) in [6.45, 7) is 1.78. The molecule has 8 heteroatoms. The van der Waals surface area contributed by atoms with Crippen molar-refractivity contribution in [3.05, 3.63) is 51.5 Å². The van der Waals surface area contributed by atoms with Gasteiger partial charge >= 0.3 is 5.97 Å². The normalized spacial score (nSPS) is 15.9. The number of primary amides is 1. The van der Waals surface area contributed by atoms with E-state index in [2.05, 4.69) is 5.32 Å². The van der Waals surface area contributed by atoms with Crippen LogP contribution in [0.2, 0.25) is 0 Å². The van der Waals surface area contributed by atoms with Crippen LogP contribution in [0, 0.1) is 0 Å². The number of anilines is 2. The number of fused-ring (bicyclic) bond motifs is 1. The number of rotatable bonds is 4. The highest BCUT2D eigenvalue weighted by Crippen LogP contribution is 2.50. The number of thiophene rings is 1. The molecule has 0 saturated carbocycles. The Morgan fingerprint density at radius 3 is 2.38 bits per heavy atom. The zero-order valence-electron chi connectivity index (χ0n) is 14.6. The average Bonchev–Trinajstić information content (AvgIpc) is 2.96. The third-order valence-electron chi connectivity index (χ3n) is 4.34. The molecular formula is C18H19N3O4S. The van der Waals surface area contributed by atoms with Crippen LogP contribution >= 0.6 is 11.3 Å². The molecule has 0 saturated heterocycles. The minimum absolute atomic E-state index is 0.264. The Labute approximate surface area is 154 Å². The highest BCUT2D eigenvalue weighted by molar-refractivity contribution is 7.18. The molecule has 0 aliphatic carbocycles. The van der Waals surface area contributed by atoms with Gasteiger partial charge in [0.1, 0.15) is 10.6 Å². The number of nitrogens with two attached hydrogens (primary N) is 2. The Hall–Kier alpha value is -3.00. The predicted molar refractivity (Wildman–Crippen MR) is 100 cm³/mol. The number of esters is 1. The van der Waals surface area contributed by atoms with Gasteiger partial charge < -0.3 is 26.3 Å². The fraction of sp³-hybridized carbons (Fsp3) is 0.222. The highest BCUT2D eigenvalue weighted by Gasteiger charge is 2.37. The number of benzene rings is 1. The molecule has 1 aliphatic rings. The second kappa shape index (κ2) is 6.72. The van der Waals surface area contributed by atoms with Crippen molar-refractivity contribution < 1.29 is 19.1 Å². The summed E-state index contributed by atoms with van der Waals surface area (Å²) in [6.07, 6.45) is 0. The largest absolute Gasteiger partial charge is 0.497 e. The van der Waals surface area contributed by atoms with Crippen LogP contribution in [0.5, 0.6) is 5.75 Å². The zero-order valence-corrected chi connectivity index (χ0v) is 15.4. The van der Waals surface area contributed by atoms with Gasteiger partial charge in [0.25, 0.3) is 5.91 Å². The third kappa shape index (κ3) is 2.78. The van der Waals surface area contributed by atoms with Gasteiger partial charge in [-0.1, -0.05) is 12.1 Å². The van der Waals surface area contributed by atoms with Crippen molar-refractivity contribution >= 4 is 33.9 Å². The van der Waals surface area contributed by atoms with Crippen molar-refractivity contribution in [1.82, 2.24) is 0 Å². The molecule has 1 aromatic carbocycles. The van der Waals surface area contributed by atoms with Gasteiger partial charge in [0.05, 0.1) is 30.5 Å². The summed E-state index contributed by atoms with van der Waals surface area (Å²) < 4.78 is 10.2. The molecule has 2 heterocycles. The Kier molecular flexibility index (Phi) is 4.60. The molecule has 3 rings (SSSR count). The van der Waals surface area contributed by atoms with Gasteiger partial charge in [-0.3, -0.25) is 4.79 Å². The minimum Gasteiger partial charge on any atom is -0.497 e. The van der Waals surface area contributed by atoms with E-state index in [9.17, 15) is 9.59 Å². The van der Waals surface area contributed by atoms with Crippen LogP contribution in [0.25, 0.3) is 0 Å². The van der Waals surface area contributed by atoms with Crippen molar-refractivity contribution in [2.24, 2.45) is 5.73 Å². The van der Waals surface area contributed by atoms with E-state index in [-0.39, 0.29) is 10.6 Å². The minimum atomic E-state index is -0.602. The quantitative estimate of drug-likeness (QED) is 0.709. The summed E-state index contributed by atoms with van der Waals surface area (Å²) in [5.74, 6) is -0.851. The van der Waals surface area contributed by atoms with Gasteiger partial charge in [-0.05, 0) is 24.6 Å². The average molecular weight is 373 g/mol. The summed E-state index contributed by atoms with van der Waals surface area (Å²) >= 11 is 1.18. The summed E-state index contributed by atoms with van der Waals surface area (Å²) in [5.41, 5.74) is 14.5. The van der Waals surface area contributed by atoms with Gasteiger partial charge in [-0.15, -0.1) is 11.3 Å². The third-order valence-corrected chi connectivity index (χ3v) is 5.50. The van der Waals surface area contributed by atoms with Crippen LogP contribution in [-0.2, 0) is 9.53 Å². The second-order valence-corrected chi connectivity index (χ2v) is 6.83. The summed E-state index contributed by atoms with van der Waals surface area (Å²) in [5, 5.41) is 3.84. The molecule has 2 aromatic rings. The molecule has 0 spiro atoms. The first-order chi connectivity index (χ1) is 12.4. The molecule has 0 bridgehead atoms. The number of allylic oxidation sites excluding steroid dienone is 1. The first kappa shape index (κ1) is 17.8. The summed E-state index contributed by atoms with van der Waals surface area (Å²) in [6, 6.07) is 7.32. The fourth-order valence-corrected chi connectivity index (χ4v) is 4.19. The molecule has 1 aliphatic heterocycles. The maximum Gasteiger partial charge on any atom is 0.336 e. The molecule has 26 heavy (non-hydrogen) atoms. The number of hydrogen-bond acceptors (Lipinski definition) is 7. The van der Waals surface area contributed by atoms with Crippen molar-refractivity contribution in [2.45, 2.75) is 12.8 Å². The topological polar surface area (TPSA) is 117 Å². The number of methoxy groups -OCH3 is 2. The number of amides is 1. The number of carbonyl (C=O) groups is 2. The Morgan fingerprint density at radius 1 is 1.19 bits per heavy atom. The molecule has 1 atom stereocenters. The van der Waals surface area contributed by atoms with E-state index < -0.39 is 17.8 Å². The van der Waals surface area contributed by atoms with Gasteiger partial charge in [0.2, 0.25) is 0 Å². The lowest BCUT2D eigenvalue weighted by Crippen LogP contribution is -2.23. The van der Waals surface area contributed by atoms with Crippen molar-refractivity contribution in [1.29, 1.82) is 0 Å². The molecule has 7 nitrogen and oxygen atoms in total. The standard InChI is InChI=1S/C18H19N3O4S/c1-8-11(18(23)25-3)12(9-4-6-10(24-2)7-5-9)13-14(19)15(16(20)22)26-17(13)21-8/h4-7,12,21H,19H2,1-3H3,(H2,20,22). The Balaban J connectivity index is 2.24. The molecule has 1 aromatic heterocycles. The maximum absolute atomic E-state index is 12.5. The van der Waals surface area contributed by atoms with Crippen molar-refractivity contribution in [3.8, 4) is 5.75 Å². The Morgan fingerprint density at radius 2 is 1.85 bits per heavy atom. The summed E-state index contributed by atoms with van der Waals surface area (Å²) in [7, 11) is 2.91. The van der Waals surface area contributed by atoms with Crippen LogP contribution in [0.1, 0.15) is 33.6 Å². The Bertz CT molecular complexity index is 915. The van der Waals surface area contributed by atoms with E-state index in [0.717, 1.165) is 5.56 Å². The number of nitrogen functional groups attached to an aromatic ring is 1. The van der Waals surface area contributed by atoms with Crippen LogP contribution in [0.4, 0.5) is 10.7 Å². The lowest BCUT2D eigenvalue weighted by molar-refractivity contribution is -0.136. The molecule has 0 fully saturated rings. The molecular weight excluding hydrogens is 354 g/mol. The monoisotopic (exact) mass is 373 g/mol. The first-order valence-corrected chi connectivity index (χ1v) is 8.62. The van der Waals surface area contributed by atoms with Gasteiger partial charge in [-0.25, -0.2) is 4.79 Å². The fourth-order valence-electron chi connectivity index (χ4n) is 3.13. The maximum atomic E-state index is 12.5. The van der Waals surface area contributed by atoms with E-state index in [0.29, 0.717) is 27.6 Å². The molecule has 5 N–H and O–H groups in total. The molecule has 1 amide bonds. The van der Waals surface area contributed by atoms with E-state index in [1.165, 1.54) is 18.4 Å². The molecule has 136 valence electrons. The first-order valence-electron chi connectivity index (χ1n) is 7.81. The lowest BCUT2D eigenvalue weighted by atomic mass is 9.82. The van der Waals surface area contributed by atoms with Crippen LogP contribution in [0.15, 0.2) is 35.5 Å².